The second-order valence-corrected chi connectivity index (χ2v) is 19.6. The minimum Gasteiger partial charge on any atom is -0.391 e. The Hall–Kier alpha value is -2.58. The molecule has 0 saturated heterocycles. The maximum atomic E-state index is 12.9. The molecule has 0 spiro atoms. The molecule has 368 valence electrons. The third-order valence-corrected chi connectivity index (χ3v) is 11.8. The number of carbonyl (C=O) groups excluding carboxylic acids is 1. The Labute approximate surface area is 394 Å². The van der Waals surface area contributed by atoms with E-state index in [1.807, 2.05) is 21.1 Å². The summed E-state index contributed by atoms with van der Waals surface area (Å²) in [6.45, 7) is 4.73. The van der Waals surface area contributed by atoms with Crippen molar-refractivity contribution < 1.29 is 32.9 Å². The van der Waals surface area contributed by atoms with Crippen molar-refractivity contribution in [3.8, 4) is 0 Å². The van der Waals surface area contributed by atoms with Gasteiger partial charge < -0.3 is 19.8 Å². The second-order valence-electron chi connectivity index (χ2n) is 18.2. The Morgan fingerprint density at radius 1 is 0.547 bits per heavy atom. The van der Waals surface area contributed by atoms with Crippen LogP contribution < -0.4 is 5.32 Å². The van der Waals surface area contributed by atoms with Gasteiger partial charge in [0.2, 0.25) is 5.91 Å². The van der Waals surface area contributed by atoms with Crippen LogP contribution in [0.4, 0.5) is 0 Å². The lowest BCUT2D eigenvalue weighted by atomic mass is 10.0. The summed E-state index contributed by atoms with van der Waals surface area (Å²) in [5.41, 5.74) is 0. The molecule has 8 nitrogen and oxygen atoms in total. The molecule has 0 heterocycles. The number of hydrogen-bond donors (Lipinski definition) is 3. The molecular weight excluding hydrogens is 816 g/mol. The Kier molecular flexibility index (Phi) is 43.7. The van der Waals surface area contributed by atoms with Crippen LogP contribution in [-0.4, -0.2) is 73.4 Å². The predicted octanol–water partition coefficient (Wildman–Crippen LogP) is 15.1. The van der Waals surface area contributed by atoms with Crippen molar-refractivity contribution in [1.82, 2.24) is 5.32 Å². The van der Waals surface area contributed by atoms with Crippen LogP contribution in [0.15, 0.2) is 97.2 Å². The second kappa shape index (κ2) is 45.6. The third-order valence-electron chi connectivity index (χ3n) is 10.8. The summed E-state index contributed by atoms with van der Waals surface area (Å²) in [5, 5.41) is 14.0. The Bertz CT molecular complexity index is 1360. The minimum atomic E-state index is -4.33. The molecule has 64 heavy (non-hydrogen) atoms. The molecule has 0 fully saturated rings. The lowest BCUT2D eigenvalue weighted by molar-refractivity contribution is -0.870. The fourth-order valence-corrected chi connectivity index (χ4v) is 7.56. The summed E-state index contributed by atoms with van der Waals surface area (Å²) in [5.74, 6) is -0.174. The van der Waals surface area contributed by atoms with Gasteiger partial charge in [0.25, 0.3) is 0 Å². The number of nitrogens with one attached hydrogen (secondary N) is 1. The van der Waals surface area contributed by atoms with Crippen LogP contribution in [0, 0.1) is 0 Å². The summed E-state index contributed by atoms with van der Waals surface area (Å²) in [7, 11) is 1.58. The van der Waals surface area contributed by atoms with E-state index in [0.29, 0.717) is 23.9 Å². The molecule has 9 heteroatoms. The van der Waals surface area contributed by atoms with Crippen molar-refractivity contribution in [2.24, 2.45) is 0 Å². The van der Waals surface area contributed by atoms with Gasteiger partial charge in [-0.05, 0) is 77.0 Å². The average molecular weight is 914 g/mol. The van der Waals surface area contributed by atoms with Gasteiger partial charge in [-0.2, -0.15) is 0 Å². The Morgan fingerprint density at radius 2 is 0.938 bits per heavy atom. The van der Waals surface area contributed by atoms with Gasteiger partial charge in [0, 0.05) is 6.42 Å². The number of nitrogens with zero attached hydrogens (tertiary/aromatic N) is 1. The van der Waals surface area contributed by atoms with Gasteiger partial charge in [0.15, 0.2) is 0 Å². The lowest BCUT2D eigenvalue weighted by Crippen LogP contribution is -2.46. The van der Waals surface area contributed by atoms with E-state index in [0.717, 1.165) is 103 Å². The normalized spacial score (nSPS) is 14.9. The molecule has 0 radical (unpaired) electrons. The number of aliphatic hydroxyl groups is 1. The zero-order valence-corrected chi connectivity index (χ0v) is 42.6. The number of phosphoric acid groups is 1. The molecule has 0 aliphatic carbocycles. The highest BCUT2D eigenvalue weighted by Crippen LogP contribution is 2.43. The highest BCUT2D eigenvalue weighted by molar-refractivity contribution is 7.47. The van der Waals surface area contributed by atoms with Crippen molar-refractivity contribution in [2.75, 3.05) is 40.9 Å². The van der Waals surface area contributed by atoms with E-state index in [1.54, 1.807) is 0 Å². The molecule has 0 aliphatic heterocycles. The van der Waals surface area contributed by atoms with Crippen LogP contribution in [-0.2, 0) is 18.4 Å². The number of hydrogen-bond acceptors (Lipinski definition) is 5. The van der Waals surface area contributed by atoms with Crippen LogP contribution in [0.2, 0.25) is 0 Å². The molecule has 0 saturated carbocycles. The van der Waals surface area contributed by atoms with Gasteiger partial charge in [-0.3, -0.25) is 13.8 Å². The van der Waals surface area contributed by atoms with Gasteiger partial charge in [-0.15, -0.1) is 0 Å². The third kappa shape index (κ3) is 47.4. The van der Waals surface area contributed by atoms with E-state index in [9.17, 15) is 19.4 Å². The van der Waals surface area contributed by atoms with E-state index >= 15 is 0 Å². The fraction of sp³-hybridized carbons (Fsp3) is 0.691. The number of unbranched alkanes of at least 4 members (excludes halogenated alkanes) is 16. The van der Waals surface area contributed by atoms with Crippen molar-refractivity contribution >= 4 is 13.7 Å². The van der Waals surface area contributed by atoms with E-state index in [-0.39, 0.29) is 19.1 Å². The SMILES string of the molecule is CC/C=C\C/C=C\C/C=C\C/C=C\C/C=C\C/C=C\C/C=C\C/C=C\CCCCCCC(=O)NC(COP(=O)(O)OCC[N+](C)(C)C)C(O)CCCCCCCCCCCCCCC. The molecule has 3 atom stereocenters. The van der Waals surface area contributed by atoms with Gasteiger partial charge >= 0.3 is 7.82 Å². The zero-order chi connectivity index (χ0) is 47.1. The van der Waals surface area contributed by atoms with Crippen molar-refractivity contribution in [2.45, 2.75) is 206 Å². The van der Waals surface area contributed by atoms with E-state index in [4.69, 9.17) is 9.05 Å². The molecule has 0 aromatic rings. The maximum Gasteiger partial charge on any atom is 0.472 e. The number of aliphatic hydroxyl groups excluding tert-OH is 1. The first-order valence-corrected chi connectivity index (χ1v) is 27.1. The van der Waals surface area contributed by atoms with Crippen LogP contribution in [0.3, 0.4) is 0 Å². The average Bonchev–Trinajstić information content (AvgIpc) is 3.25. The molecule has 3 N–H and O–H groups in total. The number of rotatable bonds is 45. The number of likely N-dealkylation sites (N-methyl/N-ethyl adjacent to an activating group) is 1. The summed E-state index contributed by atoms with van der Waals surface area (Å²) in [6.07, 6.45) is 64.4. The van der Waals surface area contributed by atoms with Crippen LogP contribution in [0.1, 0.15) is 194 Å². The van der Waals surface area contributed by atoms with Gasteiger partial charge in [-0.1, -0.05) is 207 Å². The first-order chi connectivity index (χ1) is 31.0. The zero-order valence-electron chi connectivity index (χ0n) is 41.7. The molecule has 3 unspecified atom stereocenters. The predicted molar refractivity (Wildman–Crippen MR) is 276 cm³/mol. The lowest BCUT2D eigenvalue weighted by Gasteiger charge is -2.26. The standard InChI is InChI=1S/C55H97N2O6P/c1-6-8-10-12-14-16-18-20-21-22-23-24-25-26-27-28-29-30-31-32-33-34-35-37-39-41-43-45-47-49-55(59)56-53(52-63-64(60,61)62-51-50-57(3,4)5)54(58)48-46-44-42-40-38-36-19-17-15-13-11-9-7-2/h8,10,14,16,20-21,23-24,26-27,29-30,32-33,35,37,53-54,58H,6-7,9,11-13,15,17-19,22,25,28,31,34,36,38-52H2,1-5H3,(H-,56,59,60,61)/p+1/b10-8-,16-14-,21-20-,24-23-,27-26-,30-29-,33-32-,37-35-. The van der Waals surface area contributed by atoms with Crippen molar-refractivity contribution in [3.05, 3.63) is 97.2 Å². The Balaban J connectivity index is 4.30. The first kappa shape index (κ1) is 61.4. The first-order valence-electron chi connectivity index (χ1n) is 25.6. The van der Waals surface area contributed by atoms with Gasteiger partial charge in [-0.25, -0.2) is 4.57 Å². The summed E-state index contributed by atoms with van der Waals surface area (Å²) in [6, 6.07) is -0.780. The topological polar surface area (TPSA) is 105 Å². The minimum absolute atomic E-state index is 0.0639. The fourth-order valence-electron chi connectivity index (χ4n) is 6.83. The molecule has 0 bridgehead atoms. The van der Waals surface area contributed by atoms with Gasteiger partial charge in [0.1, 0.15) is 13.2 Å². The summed E-state index contributed by atoms with van der Waals surface area (Å²) < 4.78 is 23.7. The smallest absolute Gasteiger partial charge is 0.391 e. The number of allylic oxidation sites excluding steroid dienone is 16. The molecule has 0 aliphatic rings. The number of carbonyl (C=O) groups is 1. The quantitative estimate of drug-likeness (QED) is 0.0243. The molecule has 0 aromatic carbocycles. The Morgan fingerprint density at radius 3 is 1.38 bits per heavy atom. The number of phosphoric ester groups is 1. The summed E-state index contributed by atoms with van der Waals surface area (Å²) >= 11 is 0. The molecule has 0 rings (SSSR count). The van der Waals surface area contributed by atoms with Crippen molar-refractivity contribution in [3.63, 3.8) is 0 Å². The highest BCUT2D eigenvalue weighted by atomic mass is 31.2. The highest BCUT2D eigenvalue weighted by Gasteiger charge is 2.28. The maximum absolute atomic E-state index is 12.9. The number of amides is 1. The molecule has 1 amide bonds. The van der Waals surface area contributed by atoms with Crippen LogP contribution >= 0.6 is 7.82 Å². The van der Waals surface area contributed by atoms with Crippen LogP contribution in [0.5, 0.6) is 0 Å². The summed E-state index contributed by atoms with van der Waals surface area (Å²) in [4.78, 5) is 23.2. The van der Waals surface area contributed by atoms with Crippen LogP contribution in [0.25, 0.3) is 0 Å². The van der Waals surface area contributed by atoms with E-state index < -0.39 is 20.0 Å². The molecular formula is C55H98N2O6P+. The largest absolute Gasteiger partial charge is 0.472 e. The number of quaternary nitrogens is 1. The van der Waals surface area contributed by atoms with E-state index in [1.165, 1.54) is 64.2 Å². The molecule has 0 aromatic heterocycles. The van der Waals surface area contributed by atoms with E-state index in [2.05, 4.69) is 116 Å². The van der Waals surface area contributed by atoms with Gasteiger partial charge in [0.05, 0.1) is 39.9 Å². The monoisotopic (exact) mass is 914 g/mol. The van der Waals surface area contributed by atoms with Crippen molar-refractivity contribution in [1.29, 1.82) is 0 Å².